The minimum Gasteiger partial charge on any atom is -0.383 e. The quantitative estimate of drug-likeness (QED) is 0.413. The van der Waals surface area contributed by atoms with Gasteiger partial charge in [-0.25, -0.2) is 19.9 Å². The van der Waals surface area contributed by atoms with Crippen LogP contribution < -0.4 is 10.6 Å². The monoisotopic (exact) mass is 518 g/mol. The van der Waals surface area contributed by atoms with Gasteiger partial charge in [-0.15, -0.1) is 0 Å². The van der Waals surface area contributed by atoms with Gasteiger partial charge in [-0.05, 0) is 54.3 Å². The standard InChI is InChI=1S/C25H23BrN6O2/c26-18-5-3-4-16(12-18)19-13-20(31-24-22(19)23(27)29-15-30-24)17-6-7-21(28-14-17)32-9-2-1-8-25(32)33-10-11-34-25/h3-7,12-15H,1-2,8-11H2,(H2,27,29,30,31). The Kier molecular flexibility index (Phi) is 5.40. The number of ether oxygens (including phenoxy) is 2. The van der Waals surface area contributed by atoms with Gasteiger partial charge in [-0.3, -0.25) is 0 Å². The Morgan fingerprint density at radius 3 is 2.65 bits per heavy atom. The predicted octanol–water partition coefficient (Wildman–Crippen LogP) is 4.79. The second kappa shape index (κ2) is 8.57. The zero-order valence-electron chi connectivity index (χ0n) is 18.4. The molecule has 9 heteroatoms. The average Bonchev–Trinajstić information content (AvgIpc) is 3.32. The largest absolute Gasteiger partial charge is 0.383 e. The molecule has 0 saturated carbocycles. The summed E-state index contributed by atoms with van der Waals surface area (Å²) in [4.78, 5) is 20.3. The number of piperidine rings is 1. The summed E-state index contributed by atoms with van der Waals surface area (Å²) in [6.45, 7) is 2.07. The number of anilines is 2. The Morgan fingerprint density at radius 1 is 0.971 bits per heavy atom. The molecule has 8 nitrogen and oxygen atoms in total. The number of nitrogens with two attached hydrogens (primary N) is 1. The van der Waals surface area contributed by atoms with Crippen molar-refractivity contribution in [3.05, 3.63) is 59.5 Å². The first-order chi connectivity index (χ1) is 16.6. The highest BCUT2D eigenvalue weighted by molar-refractivity contribution is 9.10. The zero-order valence-corrected chi connectivity index (χ0v) is 20.0. The molecule has 2 aliphatic rings. The Balaban J connectivity index is 1.42. The molecule has 0 atom stereocenters. The van der Waals surface area contributed by atoms with Crippen LogP contribution in [0.4, 0.5) is 11.6 Å². The van der Waals surface area contributed by atoms with Crippen LogP contribution in [0.1, 0.15) is 19.3 Å². The summed E-state index contributed by atoms with van der Waals surface area (Å²) in [6.07, 6.45) is 6.30. The molecule has 34 heavy (non-hydrogen) atoms. The summed E-state index contributed by atoms with van der Waals surface area (Å²) in [5, 5.41) is 0.736. The van der Waals surface area contributed by atoms with Gasteiger partial charge in [0.2, 0.25) is 0 Å². The second-order valence-electron chi connectivity index (χ2n) is 8.45. The van der Waals surface area contributed by atoms with Gasteiger partial charge in [-0.2, -0.15) is 0 Å². The first kappa shape index (κ1) is 21.4. The van der Waals surface area contributed by atoms with Gasteiger partial charge in [0.15, 0.2) is 5.65 Å². The minimum absolute atomic E-state index is 0.402. The first-order valence-electron chi connectivity index (χ1n) is 11.3. The maximum absolute atomic E-state index is 6.24. The van der Waals surface area contributed by atoms with Gasteiger partial charge < -0.3 is 20.1 Å². The van der Waals surface area contributed by atoms with Crippen LogP contribution in [0.3, 0.4) is 0 Å². The molecule has 6 rings (SSSR count). The third-order valence-corrected chi connectivity index (χ3v) is 6.86. The number of aromatic nitrogens is 4. The number of benzene rings is 1. The van der Waals surface area contributed by atoms with E-state index in [-0.39, 0.29) is 0 Å². The van der Waals surface area contributed by atoms with Crippen LogP contribution in [0.15, 0.2) is 59.5 Å². The van der Waals surface area contributed by atoms with Crippen LogP contribution >= 0.6 is 15.9 Å². The SMILES string of the molecule is Nc1ncnc2nc(-c3ccc(N4CCCCC45OCCO5)nc3)cc(-c3cccc(Br)c3)c12. The van der Waals surface area contributed by atoms with Crippen LogP contribution in [0.25, 0.3) is 33.4 Å². The van der Waals surface area contributed by atoms with Crippen molar-refractivity contribution in [3.8, 4) is 22.4 Å². The molecule has 1 spiro atoms. The maximum Gasteiger partial charge on any atom is 0.253 e. The first-order valence-corrected chi connectivity index (χ1v) is 12.1. The maximum atomic E-state index is 6.24. The van der Waals surface area contributed by atoms with Crippen molar-refractivity contribution in [2.24, 2.45) is 0 Å². The summed E-state index contributed by atoms with van der Waals surface area (Å²) in [5.41, 5.74) is 10.4. The summed E-state index contributed by atoms with van der Waals surface area (Å²) in [7, 11) is 0. The molecule has 1 aromatic carbocycles. The zero-order chi connectivity index (χ0) is 23.1. The third kappa shape index (κ3) is 3.70. The highest BCUT2D eigenvalue weighted by atomic mass is 79.9. The Labute approximate surface area is 205 Å². The van der Waals surface area contributed by atoms with Gasteiger partial charge in [0.05, 0.1) is 24.3 Å². The number of fused-ring (bicyclic) bond motifs is 1. The fraction of sp³-hybridized carbons (Fsp3) is 0.280. The number of pyridine rings is 2. The van der Waals surface area contributed by atoms with Crippen LogP contribution in [-0.4, -0.2) is 45.6 Å². The third-order valence-electron chi connectivity index (χ3n) is 6.36. The molecule has 2 fully saturated rings. The highest BCUT2D eigenvalue weighted by Gasteiger charge is 2.45. The van der Waals surface area contributed by atoms with E-state index in [1.54, 1.807) is 0 Å². The van der Waals surface area contributed by atoms with Crippen LogP contribution in [-0.2, 0) is 9.47 Å². The number of halogens is 1. The molecule has 0 bridgehead atoms. The second-order valence-corrected chi connectivity index (χ2v) is 9.36. The van der Waals surface area contributed by atoms with E-state index in [4.69, 9.17) is 25.2 Å². The molecule has 3 aromatic heterocycles. The summed E-state index contributed by atoms with van der Waals surface area (Å²) >= 11 is 3.56. The smallest absolute Gasteiger partial charge is 0.253 e. The van der Waals surface area contributed by atoms with Crippen molar-refractivity contribution in [2.45, 2.75) is 25.2 Å². The lowest BCUT2D eigenvalue weighted by Crippen LogP contribution is -2.53. The molecular formula is C25H23BrN6O2. The van der Waals surface area contributed by atoms with Crippen molar-refractivity contribution >= 4 is 38.6 Å². The summed E-state index contributed by atoms with van der Waals surface area (Å²) in [6, 6.07) is 14.1. The number of rotatable bonds is 3. The van der Waals surface area contributed by atoms with E-state index in [1.165, 1.54) is 6.33 Å². The number of nitrogen functional groups attached to an aromatic ring is 1. The average molecular weight is 519 g/mol. The molecule has 0 amide bonds. The summed E-state index contributed by atoms with van der Waals surface area (Å²) in [5.74, 6) is 0.556. The molecule has 172 valence electrons. The molecule has 0 aliphatic carbocycles. The van der Waals surface area contributed by atoms with Gasteiger partial charge >= 0.3 is 0 Å². The van der Waals surface area contributed by atoms with Crippen LogP contribution in [0, 0.1) is 0 Å². The van der Waals surface area contributed by atoms with E-state index in [9.17, 15) is 0 Å². The fourth-order valence-electron chi connectivity index (χ4n) is 4.77. The molecule has 0 unspecified atom stereocenters. The van der Waals surface area contributed by atoms with Gasteiger partial charge in [0.1, 0.15) is 18.0 Å². The minimum atomic E-state index is -0.684. The Bertz CT molecular complexity index is 1360. The molecular weight excluding hydrogens is 496 g/mol. The van der Waals surface area contributed by atoms with Crippen LogP contribution in [0.5, 0.6) is 0 Å². The summed E-state index contributed by atoms with van der Waals surface area (Å²) < 4.78 is 13.0. The molecule has 2 N–H and O–H groups in total. The molecule has 4 aromatic rings. The van der Waals surface area contributed by atoms with Gasteiger partial charge in [0.25, 0.3) is 5.91 Å². The normalized spacial score (nSPS) is 17.5. The van der Waals surface area contributed by atoms with Crippen molar-refractivity contribution in [1.29, 1.82) is 0 Å². The van der Waals surface area contributed by atoms with Gasteiger partial charge in [-0.1, -0.05) is 28.1 Å². The Morgan fingerprint density at radius 2 is 1.85 bits per heavy atom. The lowest BCUT2D eigenvalue weighted by molar-refractivity contribution is -0.170. The van der Waals surface area contributed by atoms with Crippen molar-refractivity contribution in [1.82, 2.24) is 19.9 Å². The molecule has 2 aliphatic heterocycles. The Hall–Kier alpha value is -3.14. The van der Waals surface area contributed by atoms with Crippen molar-refractivity contribution < 1.29 is 9.47 Å². The van der Waals surface area contributed by atoms with E-state index in [2.05, 4.69) is 30.8 Å². The lowest BCUT2D eigenvalue weighted by atomic mass is 10.0. The van der Waals surface area contributed by atoms with Crippen LogP contribution in [0.2, 0.25) is 0 Å². The number of nitrogens with zero attached hydrogens (tertiary/aromatic N) is 5. The van der Waals surface area contributed by atoms with E-state index in [1.807, 2.05) is 48.7 Å². The lowest BCUT2D eigenvalue weighted by Gasteiger charge is -2.42. The van der Waals surface area contributed by atoms with E-state index >= 15 is 0 Å². The van der Waals surface area contributed by atoms with E-state index < -0.39 is 5.91 Å². The topological polar surface area (TPSA) is 99.3 Å². The van der Waals surface area contributed by atoms with Crippen molar-refractivity contribution in [3.63, 3.8) is 0 Å². The highest BCUT2D eigenvalue weighted by Crippen LogP contribution is 2.38. The predicted molar refractivity (Wildman–Crippen MR) is 134 cm³/mol. The molecule has 0 radical (unpaired) electrons. The van der Waals surface area contributed by atoms with Gasteiger partial charge in [0, 0.05) is 29.2 Å². The fourth-order valence-corrected chi connectivity index (χ4v) is 5.17. The number of hydrogen-bond donors (Lipinski definition) is 1. The van der Waals surface area contributed by atoms with E-state index in [0.29, 0.717) is 24.7 Å². The van der Waals surface area contributed by atoms with E-state index in [0.717, 1.165) is 63.9 Å². The molecule has 5 heterocycles. The molecule has 2 saturated heterocycles. The number of hydrogen-bond acceptors (Lipinski definition) is 8. The van der Waals surface area contributed by atoms with Crippen molar-refractivity contribution in [2.75, 3.05) is 30.4 Å².